The number of carbonyl (C=O) groups excluding carboxylic acids is 3. The molecular weight excluding hydrogens is 460 g/mol. The minimum absolute atomic E-state index is 0.205. The van der Waals surface area contributed by atoms with Gasteiger partial charge in [-0.2, -0.15) is 0 Å². The van der Waals surface area contributed by atoms with Crippen LogP contribution in [0, 0.1) is 0 Å². The van der Waals surface area contributed by atoms with E-state index < -0.39 is 12.3 Å². The molecule has 2 amide bonds. The molecule has 0 aliphatic rings. The summed E-state index contributed by atoms with van der Waals surface area (Å²) in [6.07, 6.45) is -1.53. The standard InChI is InChI=1S/C28H30N2O6/c1-5-34-28(33)36-25-15-11-21(12-16-25)27(32)30-23-8-6-7-22(17-23)29-26(31)19(4)35-24-13-9-20(10-14-24)18(2)3/h6-19H,5H2,1-4H3,(H,29,31)(H,30,32). The molecule has 0 aliphatic heterocycles. The molecule has 3 aromatic carbocycles. The van der Waals surface area contributed by atoms with Crippen molar-refractivity contribution in [1.82, 2.24) is 0 Å². The van der Waals surface area contributed by atoms with E-state index in [-0.39, 0.29) is 24.2 Å². The maximum absolute atomic E-state index is 12.6. The molecule has 1 unspecified atom stereocenters. The summed E-state index contributed by atoms with van der Waals surface area (Å²) in [5, 5.41) is 5.59. The molecule has 2 N–H and O–H groups in total. The van der Waals surface area contributed by atoms with Gasteiger partial charge in [0.2, 0.25) is 0 Å². The van der Waals surface area contributed by atoms with Gasteiger partial charge in [0.15, 0.2) is 6.10 Å². The zero-order chi connectivity index (χ0) is 26.1. The molecule has 1 atom stereocenters. The van der Waals surface area contributed by atoms with Crippen LogP contribution in [0.1, 0.15) is 49.5 Å². The van der Waals surface area contributed by atoms with Gasteiger partial charge in [-0.15, -0.1) is 0 Å². The number of amides is 2. The number of ether oxygens (including phenoxy) is 3. The molecule has 0 saturated heterocycles. The lowest BCUT2D eigenvalue weighted by molar-refractivity contribution is -0.122. The average Bonchev–Trinajstić information content (AvgIpc) is 2.85. The van der Waals surface area contributed by atoms with E-state index in [1.54, 1.807) is 38.1 Å². The van der Waals surface area contributed by atoms with E-state index in [2.05, 4.69) is 24.5 Å². The first kappa shape index (κ1) is 26.3. The lowest BCUT2D eigenvalue weighted by Crippen LogP contribution is -2.30. The number of carbonyl (C=O) groups is 3. The van der Waals surface area contributed by atoms with E-state index in [0.717, 1.165) is 0 Å². The van der Waals surface area contributed by atoms with Crippen LogP contribution in [-0.4, -0.2) is 30.7 Å². The fourth-order valence-electron chi connectivity index (χ4n) is 3.23. The van der Waals surface area contributed by atoms with Gasteiger partial charge in [0, 0.05) is 16.9 Å². The smallest absolute Gasteiger partial charge is 0.481 e. The summed E-state index contributed by atoms with van der Waals surface area (Å²) >= 11 is 0. The summed E-state index contributed by atoms with van der Waals surface area (Å²) in [6.45, 7) is 7.78. The molecular formula is C28H30N2O6. The Morgan fingerprint density at radius 3 is 2.03 bits per heavy atom. The molecule has 0 radical (unpaired) electrons. The number of benzene rings is 3. The summed E-state index contributed by atoms with van der Waals surface area (Å²) in [7, 11) is 0. The lowest BCUT2D eigenvalue weighted by atomic mass is 10.0. The van der Waals surface area contributed by atoms with Gasteiger partial charge < -0.3 is 24.8 Å². The predicted molar refractivity (Wildman–Crippen MR) is 138 cm³/mol. The Bertz CT molecular complexity index is 1190. The molecule has 8 nitrogen and oxygen atoms in total. The zero-order valence-corrected chi connectivity index (χ0v) is 20.7. The van der Waals surface area contributed by atoms with Crippen LogP contribution in [0.15, 0.2) is 72.8 Å². The Morgan fingerprint density at radius 1 is 0.806 bits per heavy atom. The van der Waals surface area contributed by atoms with Crippen LogP contribution in [-0.2, 0) is 9.53 Å². The Hall–Kier alpha value is -4.33. The number of hydrogen-bond acceptors (Lipinski definition) is 6. The molecule has 0 saturated carbocycles. The first-order valence-electron chi connectivity index (χ1n) is 11.7. The van der Waals surface area contributed by atoms with Crippen molar-refractivity contribution in [1.29, 1.82) is 0 Å². The van der Waals surface area contributed by atoms with Crippen LogP contribution in [0.5, 0.6) is 11.5 Å². The minimum atomic E-state index is -0.808. The second-order valence-corrected chi connectivity index (χ2v) is 8.32. The van der Waals surface area contributed by atoms with Crippen molar-refractivity contribution in [2.75, 3.05) is 17.2 Å². The van der Waals surface area contributed by atoms with Crippen molar-refractivity contribution in [2.45, 2.75) is 39.7 Å². The molecule has 0 heterocycles. The first-order chi connectivity index (χ1) is 17.2. The molecule has 8 heteroatoms. The Morgan fingerprint density at radius 2 is 1.42 bits per heavy atom. The highest BCUT2D eigenvalue weighted by atomic mass is 16.7. The van der Waals surface area contributed by atoms with Crippen LogP contribution >= 0.6 is 0 Å². The summed E-state index contributed by atoms with van der Waals surface area (Å²) in [5.41, 5.74) is 2.58. The quantitative estimate of drug-likeness (QED) is 0.282. The molecule has 0 fully saturated rings. The summed E-state index contributed by atoms with van der Waals surface area (Å²) in [4.78, 5) is 36.6. The molecule has 188 valence electrons. The lowest BCUT2D eigenvalue weighted by Gasteiger charge is -2.16. The van der Waals surface area contributed by atoms with Crippen LogP contribution < -0.4 is 20.1 Å². The van der Waals surface area contributed by atoms with Gasteiger partial charge in [-0.1, -0.05) is 32.0 Å². The normalized spacial score (nSPS) is 11.4. The van der Waals surface area contributed by atoms with E-state index in [1.165, 1.54) is 29.8 Å². The molecule has 3 aromatic rings. The van der Waals surface area contributed by atoms with E-state index >= 15 is 0 Å². The van der Waals surface area contributed by atoms with Crippen molar-refractivity contribution in [2.24, 2.45) is 0 Å². The van der Waals surface area contributed by atoms with E-state index in [9.17, 15) is 14.4 Å². The number of rotatable bonds is 9. The van der Waals surface area contributed by atoms with Gasteiger partial charge in [-0.3, -0.25) is 9.59 Å². The van der Waals surface area contributed by atoms with Gasteiger partial charge in [-0.05, 0) is 79.9 Å². The van der Waals surface area contributed by atoms with Crippen LogP contribution in [0.2, 0.25) is 0 Å². The van der Waals surface area contributed by atoms with Crippen LogP contribution in [0.25, 0.3) is 0 Å². The second-order valence-electron chi connectivity index (χ2n) is 8.32. The Kier molecular flexibility index (Phi) is 9.05. The molecule has 0 aliphatic carbocycles. The molecule has 0 bridgehead atoms. The van der Waals surface area contributed by atoms with Gasteiger partial charge in [0.05, 0.1) is 6.61 Å². The monoisotopic (exact) mass is 490 g/mol. The van der Waals surface area contributed by atoms with Crippen molar-refractivity contribution in [3.8, 4) is 11.5 Å². The fourth-order valence-corrected chi connectivity index (χ4v) is 3.23. The van der Waals surface area contributed by atoms with Crippen molar-refractivity contribution < 1.29 is 28.6 Å². The van der Waals surface area contributed by atoms with Crippen molar-refractivity contribution >= 4 is 29.3 Å². The van der Waals surface area contributed by atoms with Gasteiger partial charge in [-0.25, -0.2) is 4.79 Å². The fraction of sp³-hybridized carbons (Fsp3) is 0.250. The van der Waals surface area contributed by atoms with E-state index in [0.29, 0.717) is 28.6 Å². The summed E-state index contributed by atoms with van der Waals surface area (Å²) in [6, 6.07) is 20.5. The summed E-state index contributed by atoms with van der Waals surface area (Å²) < 4.78 is 15.5. The van der Waals surface area contributed by atoms with Gasteiger partial charge in [0.1, 0.15) is 11.5 Å². The Labute approximate surface area is 210 Å². The maximum Gasteiger partial charge on any atom is 0.513 e. The molecule has 36 heavy (non-hydrogen) atoms. The minimum Gasteiger partial charge on any atom is -0.481 e. The highest BCUT2D eigenvalue weighted by Crippen LogP contribution is 2.21. The van der Waals surface area contributed by atoms with E-state index in [4.69, 9.17) is 14.2 Å². The van der Waals surface area contributed by atoms with E-state index in [1.807, 2.05) is 24.3 Å². The van der Waals surface area contributed by atoms with Crippen LogP contribution in [0.4, 0.5) is 16.2 Å². The predicted octanol–water partition coefficient (Wildman–Crippen LogP) is 6.00. The maximum atomic E-state index is 12.6. The first-order valence-corrected chi connectivity index (χ1v) is 11.7. The average molecular weight is 491 g/mol. The van der Waals surface area contributed by atoms with Crippen molar-refractivity contribution in [3.05, 3.63) is 83.9 Å². The van der Waals surface area contributed by atoms with Crippen LogP contribution in [0.3, 0.4) is 0 Å². The zero-order valence-electron chi connectivity index (χ0n) is 20.7. The largest absolute Gasteiger partial charge is 0.513 e. The third kappa shape index (κ3) is 7.59. The SMILES string of the molecule is CCOC(=O)Oc1ccc(C(=O)Nc2cccc(NC(=O)C(C)Oc3ccc(C(C)C)cc3)c2)cc1. The van der Waals surface area contributed by atoms with Crippen molar-refractivity contribution in [3.63, 3.8) is 0 Å². The van der Waals surface area contributed by atoms with Gasteiger partial charge in [0.25, 0.3) is 11.8 Å². The third-order valence-electron chi connectivity index (χ3n) is 5.20. The third-order valence-corrected chi connectivity index (χ3v) is 5.20. The van der Waals surface area contributed by atoms with Gasteiger partial charge >= 0.3 is 6.16 Å². The summed E-state index contributed by atoms with van der Waals surface area (Å²) in [5.74, 6) is 0.618. The highest BCUT2D eigenvalue weighted by molar-refractivity contribution is 6.04. The topological polar surface area (TPSA) is 103 Å². The molecule has 3 rings (SSSR count). The second kappa shape index (κ2) is 12.4. The number of nitrogens with one attached hydrogen (secondary N) is 2. The molecule has 0 spiro atoms. The number of anilines is 2. The molecule has 0 aromatic heterocycles. The highest BCUT2D eigenvalue weighted by Gasteiger charge is 2.16. The Balaban J connectivity index is 1.56. The number of hydrogen-bond donors (Lipinski definition) is 2.